The Balaban J connectivity index is 1.72. The summed E-state index contributed by atoms with van der Waals surface area (Å²) in [6.07, 6.45) is 0.937. The number of nitrogens with one attached hydrogen (secondary N) is 2. The van der Waals surface area contributed by atoms with E-state index in [0.717, 1.165) is 5.69 Å². The molecule has 3 aromatic rings. The topological polar surface area (TPSA) is 119 Å². The molecule has 0 aliphatic carbocycles. The van der Waals surface area contributed by atoms with Crippen molar-refractivity contribution in [1.82, 2.24) is 4.98 Å². The van der Waals surface area contributed by atoms with Gasteiger partial charge in [-0.3, -0.25) is 5.32 Å². The van der Waals surface area contributed by atoms with Gasteiger partial charge in [0.15, 0.2) is 0 Å². The van der Waals surface area contributed by atoms with Crippen molar-refractivity contribution >= 4 is 28.8 Å². The van der Waals surface area contributed by atoms with Crippen molar-refractivity contribution in [1.29, 1.82) is 0 Å². The number of nitrogens with two attached hydrogens (primary N) is 1. The number of amides is 1. The van der Waals surface area contributed by atoms with Crippen LogP contribution >= 0.6 is 0 Å². The van der Waals surface area contributed by atoms with Crippen molar-refractivity contribution in [3.05, 3.63) is 60.8 Å². The number of aromatic nitrogens is 1. The fraction of sp³-hybridized carbons (Fsp3) is 0.182. The van der Waals surface area contributed by atoms with Gasteiger partial charge in [0, 0.05) is 23.5 Å². The average Bonchev–Trinajstić information content (AvgIpc) is 2.65. The highest BCUT2D eigenvalue weighted by Gasteiger charge is 2.16. The molecule has 0 unspecified atom stereocenters. The first-order valence-electron chi connectivity index (χ1n) is 9.27. The second-order valence-electron chi connectivity index (χ2n) is 7.54. The van der Waals surface area contributed by atoms with Crippen LogP contribution in [0.25, 0.3) is 0 Å². The molecular formula is C22H24N4O4. The lowest BCUT2D eigenvalue weighted by molar-refractivity contribution is 0.0636. The molecule has 1 heterocycles. The third-order valence-corrected chi connectivity index (χ3v) is 3.76. The van der Waals surface area contributed by atoms with Crippen LogP contribution in [0.3, 0.4) is 0 Å². The molecule has 156 valence electrons. The normalized spacial score (nSPS) is 10.9. The number of aromatic hydroxyl groups is 1. The van der Waals surface area contributed by atoms with Gasteiger partial charge in [-0.1, -0.05) is 6.07 Å². The zero-order valence-electron chi connectivity index (χ0n) is 17.0. The molecule has 0 radical (unpaired) electrons. The van der Waals surface area contributed by atoms with Crippen LogP contribution in [0.1, 0.15) is 20.8 Å². The molecule has 30 heavy (non-hydrogen) atoms. The molecule has 8 nitrogen and oxygen atoms in total. The van der Waals surface area contributed by atoms with E-state index in [2.05, 4.69) is 15.6 Å². The van der Waals surface area contributed by atoms with Crippen molar-refractivity contribution < 1.29 is 19.4 Å². The van der Waals surface area contributed by atoms with Gasteiger partial charge in [0.1, 0.15) is 17.1 Å². The van der Waals surface area contributed by atoms with Gasteiger partial charge >= 0.3 is 6.09 Å². The number of anilines is 4. The van der Waals surface area contributed by atoms with E-state index in [1.807, 2.05) is 0 Å². The van der Waals surface area contributed by atoms with Crippen molar-refractivity contribution in [3.63, 3.8) is 0 Å². The maximum Gasteiger partial charge on any atom is 0.412 e. The number of carbonyl (C=O) groups is 1. The summed E-state index contributed by atoms with van der Waals surface area (Å²) in [5, 5.41) is 15.2. The fourth-order valence-corrected chi connectivity index (χ4v) is 2.49. The summed E-state index contributed by atoms with van der Waals surface area (Å²) in [6, 6.07) is 15.1. The molecule has 0 fully saturated rings. The number of hydrogen-bond donors (Lipinski definition) is 4. The van der Waals surface area contributed by atoms with E-state index in [4.69, 9.17) is 15.2 Å². The first-order chi connectivity index (χ1) is 14.2. The lowest BCUT2D eigenvalue weighted by Crippen LogP contribution is -2.27. The van der Waals surface area contributed by atoms with Gasteiger partial charge in [-0.2, -0.15) is 0 Å². The molecule has 1 aromatic heterocycles. The van der Waals surface area contributed by atoms with E-state index < -0.39 is 11.7 Å². The number of phenolic OH excluding ortho intramolecular Hbond substituents is 1. The van der Waals surface area contributed by atoms with E-state index >= 15 is 0 Å². The Labute approximate surface area is 174 Å². The number of nitrogen functional groups attached to an aromatic ring is 1. The summed E-state index contributed by atoms with van der Waals surface area (Å²) in [5.74, 6) is 0.975. The number of ether oxygens (including phenoxy) is 2. The highest BCUT2D eigenvalue weighted by Crippen LogP contribution is 2.30. The summed E-state index contributed by atoms with van der Waals surface area (Å²) >= 11 is 0. The van der Waals surface area contributed by atoms with Crippen molar-refractivity contribution in [2.45, 2.75) is 26.4 Å². The molecule has 3 rings (SSSR count). The van der Waals surface area contributed by atoms with Gasteiger partial charge < -0.3 is 25.6 Å². The number of phenols is 1. The van der Waals surface area contributed by atoms with Crippen LogP contribution in [-0.2, 0) is 4.74 Å². The third kappa shape index (κ3) is 6.03. The second kappa shape index (κ2) is 8.60. The summed E-state index contributed by atoms with van der Waals surface area (Å²) < 4.78 is 11.1. The predicted molar refractivity (Wildman–Crippen MR) is 116 cm³/mol. The van der Waals surface area contributed by atoms with E-state index in [1.54, 1.807) is 75.4 Å². The first kappa shape index (κ1) is 20.8. The number of rotatable bonds is 5. The average molecular weight is 408 g/mol. The van der Waals surface area contributed by atoms with Crippen LogP contribution in [-0.4, -0.2) is 21.8 Å². The highest BCUT2D eigenvalue weighted by atomic mass is 16.6. The Morgan fingerprint density at radius 2 is 1.80 bits per heavy atom. The smallest absolute Gasteiger partial charge is 0.412 e. The summed E-state index contributed by atoms with van der Waals surface area (Å²) in [6.45, 7) is 5.38. The number of nitrogens with zero attached hydrogens (tertiary/aromatic N) is 1. The Morgan fingerprint density at radius 1 is 1.07 bits per heavy atom. The van der Waals surface area contributed by atoms with E-state index in [1.165, 1.54) is 6.20 Å². The fourth-order valence-electron chi connectivity index (χ4n) is 2.49. The molecule has 0 spiro atoms. The van der Waals surface area contributed by atoms with Crippen LogP contribution < -0.4 is 21.1 Å². The highest BCUT2D eigenvalue weighted by molar-refractivity contribution is 5.85. The SMILES string of the molecule is CC(C)(C)OC(=O)Nc1cccc(Oc2cc(Nc3ccc(O)cc3)c(N)cn2)c1. The number of hydrogen-bond acceptors (Lipinski definition) is 7. The molecule has 0 atom stereocenters. The lowest BCUT2D eigenvalue weighted by Gasteiger charge is -2.19. The van der Waals surface area contributed by atoms with Crippen LogP contribution in [0.2, 0.25) is 0 Å². The quantitative estimate of drug-likeness (QED) is 0.426. The molecule has 2 aromatic carbocycles. The molecule has 0 bridgehead atoms. The van der Waals surface area contributed by atoms with Crippen LogP contribution in [0, 0.1) is 0 Å². The Kier molecular flexibility index (Phi) is 5.96. The van der Waals surface area contributed by atoms with Gasteiger partial charge in [0.25, 0.3) is 0 Å². The number of pyridine rings is 1. The molecule has 0 saturated heterocycles. The molecule has 8 heteroatoms. The minimum absolute atomic E-state index is 0.173. The summed E-state index contributed by atoms with van der Waals surface area (Å²) in [4.78, 5) is 16.1. The molecule has 0 aliphatic rings. The summed E-state index contributed by atoms with van der Waals surface area (Å²) in [7, 11) is 0. The minimum Gasteiger partial charge on any atom is -0.508 e. The van der Waals surface area contributed by atoms with Gasteiger partial charge in [-0.15, -0.1) is 0 Å². The standard InChI is InChI=1S/C22H24N4O4/c1-22(2,3)30-21(28)26-15-5-4-6-17(11-15)29-20-12-19(18(23)13-24-20)25-14-7-9-16(27)10-8-14/h4-13,27H,23H2,1-3H3,(H,24,25)(H,26,28). The minimum atomic E-state index is -0.590. The zero-order chi connectivity index (χ0) is 21.7. The third-order valence-electron chi connectivity index (χ3n) is 3.76. The van der Waals surface area contributed by atoms with Crippen LogP contribution in [0.4, 0.5) is 27.5 Å². The molecule has 1 amide bonds. The zero-order valence-corrected chi connectivity index (χ0v) is 17.0. The first-order valence-corrected chi connectivity index (χ1v) is 9.27. The number of benzene rings is 2. The van der Waals surface area contributed by atoms with E-state index in [-0.39, 0.29) is 5.75 Å². The van der Waals surface area contributed by atoms with Gasteiger partial charge in [0.2, 0.25) is 5.88 Å². The Morgan fingerprint density at radius 3 is 2.50 bits per heavy atom. The maximum atomic E-state index is 12.0. The van der Waals surface area contributed by atoms with Crippen LogP contribution in [0.15, 0.2) is 60.8 Å². The van der Waals surface area contributed by atoms with E-state index in [0.29, 0.717) is 28.7 Å². The van der Waals surface area contributed by atoms with Crippen molar-refractivity contribution in [2.75, 3.05) is 16.4 Å². The maximum absolute atomic E-state index is 12.0. The predicted octanol–water partition coefficient (Wildman–Crippen LogP) is 5.25. The number of carbonyl (C=O) groups excluding carboxylic acids is 1. The van der Waals surface area contributed by atoms with Crippen LogP contribution in [0.5, 0.6) is 17.4 Å². The monoisotopic (exact) mass is 408 g/mol. The molecular weight excluding hydrogens is 384 g/mol. The van der Waals surface area contributed by atoms with Crippen molar-refractivity contribution in [2.24, 2.45) is 0 Å². The molecule has 0 saturated carbocycles. The largest absolute Gasteiger partial charge is 0.508 e. The van der Waals surface area contributed by atoms with Gasteiger partial charge in [-0.05, 0) is 57.2 Å². The van der Waals surface area contributed by atoms with E-state index in [9.17, 15) is 9.90 Å². The molecule has 0 aliphatic heterocycles. The van der Waals surface area contributed by atoms with Crippen molar-refractivity contribution in [3.8, 4) is 17.4 Å². The Bertz CT molecular complexity index is 1030. The van der Waals surface area contributed by atoms with Gasteiger partial charge in [-0.25, -0.2) is 9.78 Å². The molecule has 5 N–H and O–H groups in total. The Hall–Kier alpha value is -3.94. The van der Waals surface area contributed by atoms with Gasteiger partial charge in [0.05, 0.1) is 17.6 Å². The lowest BCUT2D eigenvalue weighted by atomic mass is 10.2. The summed E-state index contributed by atoms with van der Waals surface area (Å²) in [5.41, 5.74) is 7.73. The second-order valence-corrected chi connectivity index (χ2v) is 7.54.